The number of sulfone groups is 1. The molecule has 0 aliphatic carbocycles. The van der Waals surface area contributed by atoms with Crippen LogP contribution in [0.25, 0.3) is 0 Å². The van der Waals surface area contributed by atoms with E-state index in [1.54, 1.807) is 17.0 Å². The van der Waals surface area contributed by atoms with Crippen molar-refractivity contribution in [1.82, 2.24) is 9.88 Å². The summed E-state index contributed by atoms with van der Waals surface area (Å²) in [6.07, 6.45) is 1.16. The summed E-state index contributed by atoms with van der Waals surface area (Å²) in [5, 5.41) is 0.0614. The molecule has 0 spiro atoms. The van der Waals surface area contributed by atoms with E-state index in [1.165, 1.54) is 6.07 Å². The Bertz CT molecular complexity index is 700. The second kappa shape index (κ2) is 7.39. The van der Waals surface area contributed by atoms with Crippen LogP contribution in [0.15, 0.2) is 27.8 Å². The van der Waals surface area contributed by atoms with Crippen molar-refractivity contribution in [2.45, 2.75) is 44.2 Å². The topological polar surface area (TPSA) is 76.6 Å². The van der Waals surface area contributed by atoms with Gasteiger partial charge in [0.15, 0.2) is 14.9 Å². The van der Waals surface area contributed by atoms with Gasteiger partial charge in [-0.05, 0) is 67.6 Å². The Labute approximate surface area is 151 Å². The lowest BCUT2D eigenvalue weighted by atomic mass is 10.0. The van der Waals surface area contributed by atoms with Gasteiger partial charge in [0, 0.05) is 13.1 Å². The number of piperidine rings is 1. The van der Waals surface area contributed by atoms with Gasteiger partial charge in [0.2, 0.25) is 0 Å². The van der Waals surface area contributed by atoms with E-state index in [0.29, 0.717) is 17.7 Å². The maximum atomic E-state index is 12.5. The summed E-state index contributed by atoms with van der Waals surface area (Å²) in [4.78, 5) is 17.8. The summed E-state index contributed by atoms with van der Waals surface area (Å²) in [7, 11) is -3.49. The predicted octanol–water partition coefficient (Wildman–Crippen LogP) is 3.26. The molecule has 24 heavy (non-hydrogen) atoms. The third-order valence-electron chi connectivity index (χ3n) is 3.63. The van der Waals surface area contributed by atoms with E-state index in [2.05, 4.69) is 20.9 Å². The van der Waals surface area contributed by atoms with Crippen LogP contribution in [0.5, 0.6) is 0 Å². The molecule has 1 saturated heterocycles. The number of nitrogens with zero attached hydrogens (tertiary/aromatic N) is 2. The molecular weight excluding hydrogens is 396 g/mol. The molecule has 1 atom stereocenters. The molecule has 134 valence electrons. The molecule has 1 fully saturated rings. The summed E-state index contributed by atoms with van der Waals surface area (Å²) in [5.74, 6) is -0.132. The van der Waals surface area contributed by atoms with Crippen LogP contribution < -0.4 is 0 Å². The van der Waals surface area contributed by atoms with Crippen molar-refractivity contribution in [2.24, 2.45) is 5.92 Å². The molecule has 0 radical (unpaired) electrons. The number of carbonyl (C=O) groups is 1. The van der Waals surface area contributed by atoms with Gasteiger partial charge in [-0.2, -0.15) is 0 Å². The smallest absolute Gasteiger partial charge is 0.410 e. The molecule has 1 amide bonds. The zero-order valence-corrected chi connectivity index (χ0v) is 16.6. The molecular formula is C16H23BrN2O4S. The fourth-order valence-corrected chi connectivity index (χ4v) is 4.70. The average molecular weight is 419 g/mol. The average Bonchev–Trinajstić information content (AvgIpc) is 2.45. The van der Waals surface area contributed by atoms with Gasteiger partial charge in [-0.15, -0.1) is 0 Å². The lowest BCUT2D eigenvalue weighted by Crippen LogP contribution is -2.44. The first kappa shape index (κ1) is 19.2. The highest BCUT2D eigenvalue weighted by Crippen LogP contribution is 2.23. The van der Waals surface area contributed by atoms with Crippen molar-refractivity contribution in [3.05, 3.63) is 22.8 Å². The summed E-state index contributed by atoms with van der Waals surface area (Å²) < 4.78 is 30.9. The minimum atomic E-state index is -3.49. The summed E-state index contributed by atoms with van der Waals surface area (Å²) in [5.41, 5.74) is -0.559. The SMILES string of the molecule is CC(C)(C)OC(=O)N1CCC[C@H](CS(=O)(=O)c2cccc(Br)n2)C1. The monoisotopic (exact) mass is 418 g/mol. The first-order chi connectivity index (χ1) is 11.1. The molecule has 0 N–H and O–H groups in total. The predicted molar refractivity (Wildman–Crippen MR) is 94.5 cm³/mol. The highest BCUT2D eigenvalue weighted by molar-refractivity contribution is 9.10. The second-order valence-electron chi connectivity index (χ2n) is 7.01. The Morgan fingerprint density at radius 1 is 1.42 bits per heavy atom. The molecule has 8 heteroatoms. The van der Waals surface area contributed by atoms with Gasteiger partial charge in [0.1, 0.15) is 10.2 Å². The fourth-order valence-electron chi connectivity index (χ4n) is 2.65. The largest absolute Gasteiger partial charge is 0.444 e. The van der Waals surface area contributed by atoms with E-state index in [-0.39, 0.29) is 22.8 Å². The molecule has 2 heterocycles. The highest BCUT2D eigenvalue weighted by Gasteiger charge is 2.31. The maximum absolute atomic E-state index is 12.5. The number of hydrogen-bond donors (Lipinski definition) is 0. The zero-order chi connectivity index (χ0) is 18.0. The molecule has 6 nitrogen and oxygen atoms in total. The van der Waals surface area contributed by atoms with Crippen LogP contribution in [0, 0.1) is 5.92 Å². The van der Waals surface area contributed by atoms with Gasteiger partial charge in [-0.1, -0.05) is 6.07 Å². The molecule has 1 aromatic heterocycles. The van der Waals surface area contributed by atoms with E-state index in [4.69, 9.17) is 4.74 Å². The molecule has 1 aromatic rings. The Hall–Kier alpha value is -1.15. The zero-order valence-electron chi connectivity index (χ0n) is 14.2. The summed E-state index contributed by atoms with van der Waals surface area (Å²) in [6, 6.07) is 4.83. The Morgan fingerprint density at radius 3 is 2.75 bits per heavy atom. The van der Waals surface area contributed by atoms with Crippen LogP contribution in [0.3, 0.4) is 0 Å². The van der Waals surface area contributed by atoms with E-state index >= 15 is 0 Å². The molecule has 2 rings (SSSR count). The van der Waals surface area contributed by atoms with Crippen LogP contribution in [0.4, 0.5) is 4.79 Å². The minimum absolute atomic E-state index is 0.0181. The van der Waals surface area contributed by atoms with Crippen molar-refractivity contribution in [3.8, 4) is 0 Å². The summed E-state index contributed by atoms with van der Waals surface area (Å²) >= 11 is 3.19. The number of likely N-dealkylation sites (tertiary alicyclic amines) is 1. The third-order valence-corrected chi connectivity index (χ3v) is 5.85. The molecule has 0 unspecified atom stereocenters. The number of aromatic nitrogens is 1. The number of halogens is 1. The first-order valence-corrected chi connectivity index (χ1v) is 10.3. The highest BCUT2D eigenvalue weighted by atomic mass is 79.9. The van der Waals surface area contributed by atoms with Crippen LogP contribution in [0.2, 0.25) is 0 Å². The standard InChI is InChI=1S/C16H23BrN2O4S/c1-16(2,3)23-15(20)19-9-5-6-12(10-19)11-24(21,22)14-8-4-7-13(17)18-14/h4,7-8,12H,5-6,9-11H2,1-3H3/t12-/m0/s1. The Balaban J connectivity index is 2.03. The minimum Gasteiger partial charge on any atom is -0.444 e. The number of hydrogen-bond acceptors (Lipinski definition) is 5. The summed E-state index contributed by atoms with van der Waals surface area (Å²) in [6.45, 7) is 6.43. The fraction of sp³-hybridized carbons (Fsp3) is 0.625. The molecule has 0 bridgehead atoms. The van der Waals surface area contributed by atoms with E-state index < -0.39 is 15.4 Å². The lowest BCUT2D eigenvalue weighted by molar-refractivity contribution is 0.0176. The maximum Gasteiger partial charge on any atom is 0.410 e. The Morgan fingerprint density at radius 2 is 2.12 bits per heavy atom. The second-order valence-corrected chi connectivity index (χ2v) is 9.81. The van der Waals surface area contributed by atoms with Crippen LogP contribution in [0.1, 0.15) is 33.6 Å². The van der Waals surface area contributed by atoms with Gasteiger partial charge >= 0.3 is 6.09 Å². The number of ether oxygens (including phenoxy) is 1. The van der Waals surface area contributed by atoms with E-state index in [9.17, 15) is 13.2 Å². The van der Waals surface area contributed by atoms with Crippen molar-refractivity contribution < 1.29 is 17.9 Å². The first-order valence-electron chi connectivity index (χ1n) is 7.90. The van der Waals surface area contributed by atoms with Gasteiger partial charge in [-0.25, -0.2) is 18.2 Å². The van der Waals surface area contributed by atoms with Crippen molar-refractivity contribution in [3.63, 3.8) is 0 Å². The molecule has 0 aromatic carbocycles. The molecule has 1 aliphatic heterocycles. The lowest BCUT2D eigenvalue weighted by Gasteiger charge is -2.34. The van der Waals surface area contributed by atoms with Crippen molar-refractivity contribution in [2.75, 3.05) is 18.8 Å². The number of amides is 1. The molecule has 1 aliphatic rings. The van der Waals surface area contributed by atoms with Crippen LogP contribution in [-0.4, -0.2) is 48.8 Å². The van der Waals surface area contributed by atoms with Gasteiger partial charge in [-0.3, -0.25) is 0 Å². The number of pyridine rings is 1. The number of carbonyl (C=O) groups excluding carboxylic acids is 1. The van der Waals surface area contributed by atoms with Gasteiger partial charge in [0.25, 0.3) is 0 Å². The normalized spacial score (nSPS) is 19.2. The van der Waals surface area contributed by atoms with Gasteiger partial charge in [0.05, 0.1) is 5.75 Å². The van der Waals surface area contributed by atoms with Crippen LogP contribution in [-0.2, 0) is 14.6 Å². The molecule has 0 saturated carbocycles. The Kier molecular flexibility index (Phi) is 5.91. The van der Waals surface area contributed by atoms with Crippen molar-refractivity contribution in [1.29, 1.82) is 0 Å². The number of rotatable bonds is 3. The quantitative estimate of drug-likeness (QED) is 0.703. The van der Waals surface area contributed by atoms with Crippen molar-refractivity contribution >= 4 is 31.9 Å². The van der Waals surface area contributed by atoms with Crippen LogP contribution >= 0.6 is 15.9 Å². The van der Waals surface area contributed by atoms with E-state index in [0.717, 1.165) is 12.8 Å². The third kappa shape index (κ3) is 5.44. The van der Waals surface area contributed by atoms with E-state index in [1.807, 2.05) is 20.8 Å². The van der Waals surface area contributed by atoms with Gasteiger partial charge < -0.3 is 9.64 Å².